The zero-order chi connectivity index (χ0) is 16.4. The first-order valence-corrected chi connectivity index (χ1v) is 7.87. The Labute approximate surface area is 136 Å². The Morgan fingerprint density at radius 3 is 2.83 bits per heavy atom. The highest BCUT2D eigenvalue weighted by Crippen LogP contribution is 2.34. The van der Waals surface area contributed by atoms with E-state index >= 15 is 0 Å². The fourth-order valence-corrected chi connectivity index (χ4v) is 3.20. The molecule has 1 aromatic heterocycles. The summed E-state index contributed by atoms with van der Waals surface area (Å²) in [6.45, 7) is 0. The largest absolute Gasteiger partial charge is 0.436 e. The fraction of sp³-hybridized carbons (Fsp3) is 0.333. The van der Waals surface area contributed by atoms with Crippen LogP contribution in [0.25, 0.3) is 10.2 Å². The van der Waals surface area contributed by atoms with Crippen LogP contribution >= 0.6 is 11.3 Å². The Balaban J connectivity index is 1.77. The molecule has 3 rings (SSSR count). The van der Waals surface area contributed by atoms with E-state index in [1.165, 1.54) is 11.3 Å². The molecule has 0 unspecified atom stereocenters. The summed E-state index contributed by atoms with van der Waals surface area (Å²) in [6, 6.07) is 9.63. The van der Waals surface area contributed by atoms with E-state index in [2.05, 4.69) is 16.4 Å². The average Bonchev–Trinajstić information content (AvgIpc) is 3.16. The number of ether oxygens (including phenoxy) is 1. The van der Waals surface area contributed by atoms with Crippen molar-refractivity contribution in [3.8, 4) is 6.07 Å². The minimum Gasteiger partial charge on any atom is -0.436 e. The van der Waals surface area contributed by atoms with Crippen LogP contribution in [0.5, 0.6) is 0 Å². The number of fused-ring (bicyclic) bond motifs is 1. The van der Waals surface area contributed by atoms with E-state index < -0.39 is 23.6 Å². The van der Waals surface area contributed by atoms with Gasteiger partial charge in [0.2, 0.25) is 0 Å². The van der Waals surface area contributed by atoms with Crippen LogP contribution in [0, 0.1) is 11.3 Å². The monoisotopic (exact) mass is 330 g/mol. The molecule has 1 atom stereocenters. The van der Waals surface area contributed by atoms with Crippen LogP contribution in [0.1, 0.15) is 17.8 Å². The standard InChI is InChI=1S/C15H14N4O3S/c16-8-15(5-6-15)19-13(20)10(22-14(17)21)7-12-18-9-3-1-2-4-11(9)23-12/h1-4,10H,5-7H2,(H2,17,21)(H,19,20)/t10-/m0/s1. The molecule has 1 saturated carbocycles. The van der Waals surface area contributed by atoms with E-state index in [4.69, 9.17) is 15.7 Å². The number of thiazole rings is 1. The predicted molar refractivity (Wildman–Crippen MR) is 83.5 cm³/mol. The Morgan fingerprint density at radius 1 is 1.48 bits per heavy atom. The summed E-state index contributed by atoms with van der Waals surface area (Å²) in [5.74, 6) is -0.526. The predicted octanol–water partition coefficient (Wildman–Crippen LogP) is 1.48. The Hall–Kier alpha value is -2.66. The summed E-state index contributed by atoms with van der Waals surface area (Å²) in [6.07, 6.45) is -0.818. The fourth-order valence-electron chi connectivity index (χ4n) is 2.20. The van der Waals surface area contributed by atoms with Gasteiger partial charge in [-0.15, -0.1) is 11.3 Å². The Morgan fingerprint density at radius 2 is 2.22 bits per heavy atom. The molecule has 23 heavy (non-hydrogen) atoms. The SMILES string of the molecule is N#CC1(NC(=O)[C@H](Cc2nc3ccccc3s2)OC(N)=O)CC1. The van der Waals surface area contributed by atoms with E-state index in [9.17, 15) is 9.59 Å². The molecule has 1 heterocycles. The third-order valence-corrected chi connectivity index (χ3v) is 4.63. The molecule has 7 nitrogen and oxygen atoms in total. The van der Waals surface area contributed by atoms with Gasteiger partial charge in [0.25, 0.3) is 5.91 Å². The number of hydrogen-bond acceptors (Lipinski definition) is 6. The second kappa shape index (κ2) is 5.85. The third kappa shape index (κ3) is 3.40. The number of amides is 2. The highest BCUT2D eigenvalue weighted by molar-refractivity contribution is 7.18. The molecular weight excluding hydrogens is 316 g/mol. The van der Waals surface area contributed by atoms with Crippen LogP contribution in [-0.4, -0.2) is 28.6 Å². The molecule has 0 spiro atoms. The van der Waals surface area contributed by atoms with Gasteiger partial charge in [-0.3, -0.25) is 4.79 Å². The third-order valence-electron chi connectivity index (χ3n) is 3.58. The summed E-state index contributed by atoms with van der Waals surface area (Å²) in [4.78, 5) is 27.8. The highest BCUT2D eigenvalue weighted by Gasteiger charge is 2.46. The van der Waals surface area contributed by atoms with Crippen molar-refractivity contribution in [3.63, 3.8) is 0 Å². The van der Waals surface area contributed by atoms with Crippen LogP contribution in [0.3, 0.4) is 0 Å². The molecule has 2 aromatic rings. The molecule has 1 aliphatic carbocycles. The summed E-state index contributed by atoms with van der Waals surface area (Å²) < 4.78 is 5.90. The minimum absolute atomic E-state index is 0.121. The van der Waals surface area contributed by atoms with Crippen molar-refractivity contribution < 1.29 is 14.3 Å². The van der Waals surface area contributed by atoms with Gasteiger partial charge in [-0.05, 0) is 25.0 Å². The summed E-state index contributed by atoms with van der Waals surface area (Å²) in [5, 5.41) is 12.3. The topological polar surface area (TPSA) is 118 Å². The number of nitriles is 1. The quantitative estimate of drug-likeness (QED) is 0.860. The maximum Gasteiger partial charge on any atom is 0.405 e. The van der Waals surface area contributed by atoms with E-state index in [0.717, 1.165) is 10.2 Å². The number of hydrogen-bond donors (Lipinski definition) is 2. The lowest BCUT2D eigenvalue weighted by Crippen LogP contribution is -2.45. The van der Waals surface area contributed by atoms with E-state index in [1.54, 1.807) is 0 Å². The molecule has 0 saturated heterocycles. The van der Waals surface area contributed by atoms with Crippen molar-refractivity contribution in [2.24, 2.45) is 5.73 Å². The number of nitrogens with zero attached hydrogens (tertiary/aromatic N) is 2. The molecule has 1 fully saturated rings. The van der Waals surface area contributed by atoms with E-state index in [0.29, 0.717) is 17.8 Å². The number of benzene rings is 1. The smallest absolute Gasteiger partial charge is 0.405 e. The van der Waals surface area contributed by atoms with Crippen molar-refractivity contribution >= 4 is 33.6 Å². The van der Waals surface area contributed by atoms with Gasteiger partial charge < -0.3 is 15.8 Å². The number of carbonyl (C=O) groups excluding carboxylic acids is 2. The number of aromatic nitrogens is 1. The normalized spacial score (nSPS) is 16.3. The molecule has 1 aliphatic rings. The lowest BCUT2D eigenvalue weighted by atomic mass is 10.2. The van der Waals surface area contributed by atoms with Crippen molar-refractivity contribution in [2.45, 2.75) is 30.9 Å². The first-order chi connectivity index (χ1) is 11.0. The van der Waals surface area contributed by atoms with E-state index in [-0.39, 0.29) is 6.42 Å². The maximum atomic E-state index is 12.3. The second-order valence-corrected chi connectivity index (χ2v) is 6.50. The average molecular weight is 330 g/mol. The summed E-state index contributed by atoms with van der Waals surface area (Å²) in [7, 11) is 0. The number of rotatable bonds is 5. The first-order valence-electron chi connectivity index (χ1n) is 7.05. The number of primary amides is 1. The van der Waals surface area contributed by atoms with Crippen molar-refractivity contribution in [2.75, 3.05) is 0 Å². The number of nitrogens with two attached hydrogens (primary N) is 1. The van der Waals surface area contributed by atoms with E-state index in [1.807, 2.05) is 24.3 Å². The molecule has 8 heteroatoms. The Kier molecular flexibility index (Phi) is 3.88. The van der Waals surface area contributed by atoms with Gasteiger partial charge >= 0.3 is 6.09 Å². The zero-order valence-electron chi connectivity index (χ0n) is 12.1. The molecule has 0 bridgehead atoms. The molecule has 0 radical (unpaired) electrons. The van der Waals surface area contributed by atoms with Crippen molar-refractivity contribution in [1.82, 2.24) is 10.3 Å². The summed E-state index contributed by atoms with van der Waals surface area (Å²) >= 11 is 1.42. The highest BCUT2D eigenvalue weighted by atomic mass is 32.1. The van der Waals surface area contributed by atoms with Crippen molar-refractivity contribution in [3.05, 3.63) is 29.3 Å². The number of para-hydroxylation sites is 1. The molecule has 118 valence electrons. The molecule has 3 N–H and O–H groups in total. The number of nitrogens with one attached hydrogen (secondary N) is 1. The summed E-state index contributed by atoms with van der Waals surface area (Å²) in [5.41, 5.74) is 5.04. The number of carbonyl (C=O) groups is 2. The minimum atomic E-state index is -1.10. The van der Waals surface area contributed by atoms with Crippen LogP contribution in [0.2, 0.25) is 0 Å². The lowest BCUT2D eigenvalue weighted by molar-refractivity contribution is -0.130. The van der Waals surface area contributed by atoms with Crippen molar-refractivity contribution in [1.29, 1.82) is 5.26 Å². The van der Waals surface area contributed by atoms with Gasteiger partial charge in [0, 0.05) is 6.42 Å². The molecular formula is C15H14N4O3S. The lowest BCUT2D eigenvalue weighted by Gasteiger charge is -2.17. The van der Waals surface area contributed by atoms with Crippen LogP contribution in [0.15, 0.2) is 24.3 Å². The molecule has 1 aromatic carbocycles. The maximum absolute atomic E-state index is 12.3. The van der Waals surface area contributed by atoms with Gasteiger partial charge in [-0.2, -0.15) is 5.26 Å². The van der Waals surface area contributed by atoms with Gasteiger partial charge in [-0.1, -0.05) is 12.1 Å². The first kappa shape index (κ1) is 15.2. The van der Waals surface area contributed by atoms with Gasteiger partial charge in [0.1, 0.15) is 5.54 Å². The molecule has 0 aliphatic heterocycles. The molecule has 2 amide bonds. The Bertz CT molecular complexity index is 773. The van der Waals surface area contributed by atoms with Gasteiger partial charge in [-0.25, -0.2) is 9.78 Å². The zero-order valence-corrected chi connectivity index (χ0v) is 12.9. The van der Waals surface area contributed by atoms with Crippen LogP contribution in [-0.2, 0) is 16.0 Å². The van der Waals surface area contributed by atoms with Crippen LogP contribution in [0.4, 0.5) is 4.79 Å². The second-order valence-electron chi connectivity index (χ2n) is 5.39. The van der Waals surface area contributed by atoms with Gasteiger partial charge in [0.15, 0.2) is 6.10 Å². The van der Waals surface area contributed by atoms with Gasteiger partial charge in [0.05, 0.1) is 21.3 Å². The van der Waals surface area contributed by atoms with Crippen LogP contribution < -0.4 is 11.1 Å².